The van der Waals surface area contributed by atoms with E-state index < -0.39 is 11.1 Å². The van der Waals surface area contributed by atoms with Crippen LogP contribution in [-0.2, 0) is 11.1 Å². The molecular formula is C12H18N2O3S. The molecule has 0 aromatic rings. The van der Waals surface area contributed by atoms with Gasteiger partial charge in [0, 0.05) is 19.6 Å². The van der Waals surface area contributed by atoms with E-state index in [0.29, 0.717) is 11.3 Å². The maximum atomic E-state index is 12.1. The first-order chi connectivity index (χ1) is 8.63. The Morgan fingerprint density at radius 2 is 2.28 bits per heavy atom. The van der Waals surface area contributed by atoms with Gasteiger partial charge in [-0.3, -0.25) is 0 Å². The number of urea groups is 1. The van der Waals surface area contributed by atoms with Crippen molar-refractivity contribution in [1.82, 2.24) is 9.80 Å². The molecule has 0 aromatic carbocycles. The van der Waals surface area contributed by atoms with Gasteiger partial charge >= 0.3 is 6.03 Å². The molecule has 0 spiro atoms. The molecule has 2 unspecified atom stereocenters. The molecule has 1 fully saturated rings. The number of rotatable bonds is 4. The van der Waals surface area contributed by atoms with Gasteiger partial charge in [-0.2, -0.15) is 0 Å². The molecule has 0 bridgehead atoms. The summed E-state index contributed by atoms with van der Waals surface area (Å²) in [5.74, 6) is 0. The molecule has 1 heterocycles. The standard InChI is InChI=1S/C12H18N2O3S/c1-2-7-13-8-9-14(12(13)15)10-3-5-11(6-4-10)18(16)17/h3,5-6,10H,2,4,7-9H2,1H3,(H,16,17). The summed E-state index contributed by atoms with van der Waals surface area (Å²) in [6, 6.07) is 0.0973. The van der Waals surface area contributed by atoms with Gasteiger partial charge in [0.25, 0.3) is 0 Å². The number of hydrogen-bond donors (Lipinski definition) is 1. The molecule has 5 nitrogen and oxygen atoms in total. The average molecular weight is 270 g/mol. The Hall–Kier alpha value is -1.14. The minimum Gasteiger partial charge on any atom is -0.323 e. The molecule has 18 heavy (non-hydrogen) atoms. The first-order valence-electron chi connectivity index (χ1n) is 6.18. The fourth-order valence-corrected chi connectivity index (χ4v) is 2.77. The molecule has 1 aliphatic carbocycles. The summed E-state index contributed by atoms with van der Waals surface area (Å²) < 4.78 is 19.8. The normalized spacial score (nSPS) is 25.6. The second-order valence-electron chi connectivity index (χ2n) is 4.48. The molecule has 0 aromatic heterocycles. The number of amides is 2. The number of allylic oxidation sites excluding steroid dienone is 1. The quantitative estimate of drug-likeness (QED) is 0.789. The van der Waals surface area contributed by atoms with Gasteiger partial charge < -0.3 is 14.4 Å². The lowest BCUT2D eigenvalue weighted by Crippen LogP contribution is -2.39. The van der Waals surface area contributed by atoms with Gasteiger partial charge in [0.2, 0.25) is 0 Å². The Morgan fingerprint density at radius 3 is 2.83 bits per heavy atom. The van der Waals surface area contributed by atoms with Crippen molar-refractivity contribution in [2.24, 2.45) is 0 Å². The maximum absolute atomic E-state index is 12.1. The van der Waals surface area contributed by atoms with Gasteiger partial charge in [-0.1, -0.05) is 19.1 Å². The van der Waals surface area contributed by atoms with Gasteiger partial charge in [0.05, 0.1) is 10.9 Å². The van der Waals surface area contributed by atoms with Crippen LogP contribution in [0.5, 0.6) is 0 Å². The fourth-order valence-electron chi connectivity index (χ4n) is 2.34. The van der Waals surface area contributed by atoms with Gasteiger partial charge in [0.15, 0.2) is 11.1 Å². The van der Waals surface area contributed by atoms with Crippen LogP contribution in [0.3, 0.4) is 0 Å². The number of carbonyl (C=O) groups is 1. The number of nitrogens with zero attached hydrogens (tertiary/aromatic N) is 2. The summed E-state index contributed by atoms with van der Waals surface area (Å²) in [4.78, 5) is 16.2. The van der Waals surface area contributed by atoms with Crippen molar-refractivity contribution in [3.63, 3.8) is 0 Å². The fraction of sp³-hybridized carbons (Fsp3) is 0.583. The highest BCUT2D eigenvalue weighted by Gasteiger charge is 2.32. The van der Waals surface area contributed by atoms with Crippen molar-refractivity contribution in [2.45, 2.75) is 25.8 Å². The van der Waals surface area contributed by atoms with Gasteiger partial charge in [-0.15, -0.1) is 0 Å². The number of hydrogen-bond acceptors (Lipinski definition) is 2. The van der Waals surface area contributed by atoms with E-state index >= 15 is 0 Å². The smallest absolute Gasteiger partial charge is 0.320 e. The maximum Gasteiger partial charge on any atom is 0.320 e. The lowest BCUT2D eigenvalue weighted by molar-refractivity contribution is 0.184. The predicted molar refractivity (Wildman–Crippen MR) is 70.4 cm³/mol. The average Bonchev–Trinajstić information content (AvgIpc) is 2.72. The van der Waals surface area contributed by atoms with E-state index in [-0.39, 0.29) is 12.1 Å². The van der Waals surface area contributed by atoms with Crippen molar-refractivity contribution >= 4 is 17.1 Å². The summed E-state index contributed by atoms with van der Waals surface area (Å²) in [6.07, 6.45) is 6.80. The summed E-state index contributed by atoms with van der Waals surface area (Å²) >= 11 is -1.93. The topological polar surface area (TPSA) is 60.9 Å². The first-order valence-corrected chi connectivity index (χ1v) is 7.29. The summed E-state index contributed by atoms with van der Waals surface area (Å²) in [5.41, 5.74) is 0. The monoisotopic (exact) mass is 270 g/mol. The zero-order valence-corrected chi connectivity index (χ0v) is 11.2. The lowest BCUT2D eigenvalue weighted by Gasteiger charge is -2.26. The van der Waals surface area contributed by atoms with E-state index in [1.807, 2.05) is 15.9 Å². The summed E-state index contributed by atoms with van der Waals surface area (Å²) in [5, 5.41) is 0. The zero-order chi connectivity index (χ0) is 13.1. The van der Waals surface area contributed by atoms with E-state index in [9.17, 15) is 9.00 Å². The van der Waals surface area contributed by atoms with Crippen molar-refractivity contribution in [2.75, 3.05) is 19.6 Å². The Bertz CT molecular complexity index is 420. The second kappa shape index (κ2) is 5.67. The lowest BCUT2D eigenvalue weighted by atomic mass is 10.1. The molecule has 100 valence electrons. The Balaban J connectivity index is 1.98. The minimum absolute atomic E-state index is 0.0201. The van der Waals surface area contributed by atoms with Crippen molar-refractivity contribution < 1.29 is 13.6 Å². The molecule has 2 rings (SSSR count). The number of carbonyl (C=O) groups excluding carboxylic acids is 1. The van der Waals surface area contributed by atoms with Crippen LogP contribution in [0.25, 0.3) is 0 Å². The molecular weight excluding hydrogens is 252 g/mol. The highest BCUT2D eigenvalue weighted by molar-refractivity contribution is 7.83. The molecule has 0 saturated carbocycles. The van der Waals surface area contributed by atoms with Crippen LogP contribution in [0.4, 0.5) is 4.79 Å². The van der Waals surface area contributed by atoms with Crippen LogP contribution in [0.2, 0.25) is 0 Å². The van der Waals surface area contributed by atoms with Gasteiger partial charge in [0.1, 0.15) is 0 Å². The van der Waals surface area contributed by atoms with E-state index in [2.05, 4.69) is 6.92 Å². The largest absolute Gasteiger partial charge is 0.323 e. The van der Waals surface area contributed by atoms with Crippen LogP contribution in [0, 0.1) is 0 Å². The van der Waals surface area contributed by atoms with Gasteiger partial charge in [-0.25, -0.2) is 9.00 Å². The van der Waals surface area contributed by atoms with Crippen LogP contribution in [0.15, 0.2) is 23.1 Å². The minimum atomic E-state index is -1.93. The van der Waals surface area contributed by atoms with Crippen LogP contribution < -0.4 is 0 Å². The van der Waals surface area contributed by atoms with Gasteiger partial charge in [-0.05, 0) is 18.9 Å². The molecule has 1 saturated heterocycles. The third-order valence-corrected chi connectivity index (χ3v) is 3.97. The molecule has 2 amide bonds. The highest BCUT2D eigenvalue weighted by atomic mass is 32.2. The van der Waals surface area contributed by atoms with E-state index in [0.717, 1.165) is 26.1 Å². The second-order valence-corrected chi connectivity index (χ2v) is 5.45. The van der Waals surface area contributed by atoms with Crippen molar-refractivity contribution in [3.8, 4) is 0 Å². The molecule has 6 heteroatoms. The molecule has 0 radical (unpaired) electrons. The SMILES string of the molecule is CCCN1CCN(C2C=CC(S(=O)O)=CC2)C1=O. The summed E-state index contributed by atoms with van der Waals surface area (Å²) in [6.45, 7) is 4.37. The highest BCUT2D eigenvalue weighted by Crippen LogP contribution is 2.21. The predicted octanol–water partition coefficient (Wildman–Crippen LogP) is 1.57. The Morgan fingerprint density at radius 1 is 1.50 bits per heavy atom. The van der Waals surface area contributed by atoms with Crippen LogP contribution in [-0.4, -0.2) is 50.3 Å². The summed E-state index contributed by atoms with van der Waals surface area (Å²) in [7, 11) is 0. The van der Waals surface area contributed by atoms with E-state index in [1.54, 1.807) is 12.2 Å². The Kier molecular flexibility index (Phi) is 4.19. The van der Waals surface area contributed by atoms with Crippen molar-refractivity contribution in [3.05, 3.63) is 23.1 Å². The molecule has 1 aliphatic heterocycles. The molecule has 1 N–H and O–H groups in total. The van der Waals surface area contributed by atoms with E-state index in [4.69, 9.17) is 4.55 Å². The van der Waals surface area contributed by atoms with Crippen LogP contribution in [0.1, 0.15) is 19.8 Å². The molecule has 2 aliphatic rings. The van der Waals surface area contributed by atoms with Crippen molar-refractivity contribution in [1.29, 1.82) is 0 Å². The zero-order valence-electron chi connectivity index (χ0n) is 10.4. The molecule has 2 atom stereocenters. The third kappa shape index (κ3) is 2.64. The first kappa shape index (κ1) is 13.3. The van der Waals surface area contributed by atoms with Crippen LogP contribution >= 0.6 is 0 Å². The van der Waals surface area contributed by atoms with E-state index in [1.165, 1.54) is 0 Å². The third-order valence-electron chi connectivity index (χ3n) is 3.27. The Labute approximate surface area is 109 Å².